The molecule has 0 saturated heterocycles. The first-order chi connectivity index (χ1) is 8.69. The zero-order valence-electron chi connectivity index (χ0n) is 10.2. The molecular formula is C14H14FN3. The normalized spacial score (nSPS) is 10.3. The fraction of sp³-hybridized carbons (Fsp3) is 0.214. The predicted molar refractivity (Wildman–Crippen MR) is 67.1 cm³/mol. The third-order valence-electron chi connectivity index (χ3n) is 2.75. The number of hydrogen-bond donors (Lipinski definition) is 1. The van der Waals surface area contributed by atoms with Gasteiger partial charge in [-0.3, -0.25) is 0 Å². The topological polar surface area (TPSA) is 40.8 Å². The molecule has 1 aromatic carbocycles. The Labute approximate surface area is 105 Å². The molecule has 2 rings (SSSR count). The summed E-state index contributed by atoms with van der Waals surface area (Å²) >= 11 is 0. The highest BCUT2D eigenvalue weighted by molar-refractivity contribution is 5.28. The molecule has 0 atom stereocenters. The minimum atomic E-state index is -0.222. The molecule has 92 valence electrons. The first-order valence-corrected chi connectivity index (χ1v) is 5.69. The summed E-state index contributed by atoms with van der Waals surface area (Å²) in [4.78, 5) is 0. The van der Waals surface area contributed by atoms with Gasteiger partial charge in [0.25, 0.3) is 0 Å². The van der Waals surface area contributed by atoms with Gasteiger partial charge in [0.2, 0.25) is 0 Å². The van der Waals surface area contributed by atoms with Crippen LogP contribution in [0.2, 0.25) is 0 Å². The Morgan fingerprint density at radius 2 is 1.89 bits per heavy atom. The molecule has 4 heteroatoms. The summed E-state index contributed by atoms with van der Waals surface area (Å²) in [6.45, 7) is 1.37. The van der Waals surface area contributed by atoms with Gasteiger partial charge in [0.15, 0.2) is 0 Å². The van der Waals surface area contributed by atoms with Crippen LogP contribution in [-0.2, 0) is 20.1 Å². The standard InChI is InChI=1S/C14H14FN3/c1-18-10-12(6-14(18)7-16)9-17-8-11-2-4-13(15)5-3-11/h2-6,10,17H,8-9H2,1H3. The SMILES string of the molecule is Cn1cc(CNCc2ccc(F)cc2)cc1C#N. The van der Waals surface area contributed by atoms with Crippen molar-refractivity contribution >= 4 is 0 Å². The smallest absolute Gasteiger partial charge is 0.123 e. The largest absolute Gasteiger partial charge is 0.342 e. The second-order valence-corrected chi connectivity index (χ2v) is 4.19. The van der Waals surface area contributed by atoms with Gasteiger partial charge in [-0.2, -0.15) is 5.26 Å². The fourth-order valence-corrected chi connectivity index (χ4v) is 1.79. The lowest BCUT2D eigenvalue weighted by atomic mass is 10.2. The average Bonchev–Trinajstić information content (AvgIpc) is 2.72. The van der Waals surface area contributed by atoms with Crippen molar-refractivity contribution in [2.45, 2.75) is 13.1 Å². The molecule has 0 bridgehead atoms. The van der Waals surface area contributed by atoms with E-state index in [1.165, 1.54) is 12.1 Å². The van der Waals surface area contributed by atoms with E-state index in [9.17, 15) is 4.39 Å². The Bertz CT molecular complexity index is 564. The number of benzene rings is 1. The van der Waals surface area contributed by atoms with Crippen molar-refractivity contribution in [1.82, 2.24) is 9.88 Å². The van der Waals surface area contributed by atoms with E-state index in [-0.39, 0.29) is 5.82 Å². The molecule has 0 fully saturated rings. The zero-order chi connectivity index (χ0) is 13.0. The maximum Gasteiger partial charge on any atom is 0.123 e. The number of hydrogen-bond acceptors (Lipinski definition) is 2. The van der Waals surface area contributed by atoms with Gasteiger partial charge < -0.3 is 9.88 Å². The molecular weight excluding hydrogens is 229 g/mol. The lowest BCUT2D eigenvalue weighted by molar-refractivity contribution is 0.625. The predicted octanol–water partition coefficient (Wildman–Crippen LogP) is 2.33. The summed E-state index contributed by atoms with van der Waals surface area (Å²) in [6, 6.07) is 10.4. The van der Waals surface area contributed by atoms with Crippen LogP contribution in [0.15, 0.2) is 36.5 Å². The molecule has 0 spiro atoms. The van der Waals surface area contributed by atoms with E-state index in [0.717, 1.165) is 11.1 Å². The Morgan fingerprint density at radius 3 is 2.50 bits per heavy atom. The van der Waals surface area contributed by atoms with E-state index in [1.54, 1.807) is 16.7 Å². The molecule has 2 aromatic rings. The molecule has 0 aliphatic carbocycles. The Morgan fingerprint density at radius 1 is 1.22 bits per heavy atom. The van der Waals surface area contributed by atoms with Gasteiger partial charge in [0.1, 0.15) is 17.6 Å². The molecule has 3 nitrogen and oxygen atoms in total. The highest BCUT2D eigenvalue weighted by Gasteiger charge is 2.01. The third kappa shape index (κ3) is 2.96. The number of aromatic nitrogens is 1. The Balaban J connectivity index is 1.88. The Kier molecular flexibility index (Phi) is 3.75. The van der Waals surface area contributed by atoms with Gasteiger partial charge in [0, 0.05) is 26.3 Å². The summed E-state index contributed by atoms with van der Waals surface area (Å²) in [5.74, 6) is -0.222. The number of aryl methyl sites for hydroxylation is 1. The minimum absolute atomic E-state index is 0.222. The van der Waals surface area contributed by atoms with Crippen LogP contribution in [0, 0.1) is 17.1 Å². The van der Waals surface area contributed by atoms with E-state index in [0.29, 0.717) is 18.8 Å². The molecule has 0 radical (unpaired) electrons. The summed E-state index contributed by atoms with van der Waals surface area (Å²) in [6.07, 6.45) is 1.93. The van der Waals surface area contributed by atoms with E-state index in [1.807, 2.05) is 19.3 Å². The van der Waals surface area contributed by atoms with Gasteiger partial charge in [-0.1, -0.05) is 12.1 Å². The van der Waals surface area contributed by atoms with Crippen LogP contribution in [0.3, 0.4) is 0 Å². The zero-order valence-corrected chi connectivity index (χ0v) is 10.2. The second kappa shape index (κ2) is 5.48. The highest BCUT2D eigenvalue weighted by atomic mass is 19.1. The van der Waals surface area contributed by atoms with Crippen LogP contribution in [0.4, 0.5) is 4.39 Å². The van der Waals surface area contributed by atoms with Crippen LogP contribution in [0.5, 0.6) is 0 Å². The fourth-order valence-electron chi connectivity index (χ4n) is 1.79. The number of nitrogens with zero attached hydrogens (tertiary/aromatic N) is 2. The first kappa shape index (κ1) is 12.3. The van der Waals surface area contributed by atoms with Crippen molar-refractivity contribution in [3.05, 3.63) is 59.2 Å². The van der Waals surface area contributed by atoms with Crippen LogP contribution in [0.1, 0.15) is 16.8 Å². The van der Waals surface area contributed by atoms with E-state index in [4.69, 9.17) is 5.26 Å². The second-order valence-electron chi connectivity index (χ2n) is 4.19. The molecule has 1 heterocycles. The molecule has 0 unspecified atom stereocenters. The summed E-state index contributed by atoms with van der Waals surface area (Å²) in [5.41, 5.74) is 2.75. The number of nitriles is 1. The number of nitrogens with one attached hydrogen (secondary N) is 1. The van der Waals surface area contributed by atoms with E-state index < -0.39 is 0 Å². The van der Waals surface area contributed by atoms with Crippen LogP contribution in [0.25, 0.3) is 0 Å². The van der Waals surface area contributed by atoms with Crippen molar-refractivity contribution in [2.24, 2.45) is 7.05 Å². The highest BCUT2D eigenvalue weighted by Crippen LogP contribution is 2.07. The summed E-state index contributed by atoms with van der Waals surface area (Å²) in [5, 5.41) is 12.1. The lowest BCUT2D eigenvalue weighted by Crippen LogP contribution is -2.12. The van der Waals surface area contributed by atoms with E-state index >= 15 is 0 Å². The summed E-state index contributed by atoms with van der Waals surface area (Å²) < 4.78 is 14.5. The molecule has 18 heavy (non-hydrogen) atoms. The molecule has 1 aromatic heterocycles. The summed E-state index contributed by atoms with van der Waals surface area (Å²) in [7, 11) is 1.85. The van der Waals surface area contributed by atoms with Crippen molar-refractivity contribution in [3.63, 3.8) is 0 Å². The maximum absolute atomic E-state index is 12.7. The molecule has 0 saturated carbocycles. The molecule has 0 amide bonds. The van der Waals surface area contributed by atoms with Crippen molar-refractivity contribution in [3.8, 4) is 6.07 Å². The third-order valence-corrected chi connectivity index (χ3v) is 2.75. The average molecular weight is 243 g/mol. The monoisotopic (exact) mass is 243 g/mol. The molecule has 1 N–H and O–H groups in total. The molecule has 0 aliphatic heterocycles. The molecule has 0 aliphatic rings. The van der Waals surface area contributed by atoms with Gasteiger partial charge in [0.05, 0.1) is 0 Å². The first-order valence-electron chi connectivity index (χ1n) is 5.69. The van der Waals surface area contributed by atoms with Gasteiger partial charge in [-0.05, 0) is 29.3 Å². The lowest BCUT2D eigenvalue weighted by Gasteiger charge is -2.03. The number of halogens is 1. The van der Waals surface area contributed by atoms with Crippen LogP contribution < -0.4 is 5.32 Å². The van der Waals surface area contributed by atoms with Gasteiger partial charge >= 0.3 is 0 Å². The quantitative estimate of drug-likeness (QED) is 0.895. The minimum Gasteiger partial charge on any atom is -0.342 e. The van der Waals surface area contributed by atoms with E-state index in [2.05, 4.69) is 11.4 Å². The van der Waals surface area contributed by atoms with Crippen LogP contribution in [-0.4, -0.2) is 4.57 Å². The van der Waals surface area contributed by atoms with Crippen molar-refractivity contribution < 1.29 is 4.39 Å². The number of rotatable bonds is 4. The van der Waals surface area contributed by atoms with Gasteiger partial charge in [-0.15, -0.1) is 0 Å². The Hall–Kier alpha value is -2.12. The van der Waals surface area contributed by atoms with Crippen molar-refractivity contribution in [1.29, 1.82) is 5.26 Å². The van der Waals surface area contributed by atoms with Crippen LogP contribution >= 0.6 is 0 Å². The maximum atomic E-state index is 12.7. The van der Waals surface area contributed by atoms with Gasteiger partial charge in [-0.25, -0.2) is 4.39 Å². The van der Waals surface area contributed by atoms with Crippen molar-refractivity contribution in [2.75, 3.05) is 0 Å².